The molecular weight excluding hydrogens is 348 g/mol. The van der Waals surface area contributed by atoms with Crippen LogP contribution in [0.1, 0.15) is 11.1 Å². The van der Waals surface area contributed by atoms with Crippen LogP contribution in [0.2, 0.25) is 0 Å². The number of benzene rings is 2. The Hall–Kier alpha value is -2.27. The number of halogens is 1. The van der Waals surface area contributed by atoms with Gasteiger partial charge in [-0.05, 0) is 41.5 Å². The van der Waals surface area contributed by atoms with Gasteiger partial charge in [0.1, 0.15) is 6.61 Å². The van der Waals surface area contributed by atoms with Crippen molar-refractivity contribution < 1.29 is 19.0 Å². The van der Waals surface area contributed by atoms with Crippen LogP contribution < -0.4 is 9.47 Å². The summed E-state index contributed by atoms with van der Waals surface area (Å²) in [5, 5.41) is 0. The maximum absolute atomic E-state index is 11.7. The van der Waals surface area contributed by atoms with Gasteiger partial charge in [0.15, 0.2) is 11.5 Å². The second kappa shape index (κ2) is 6.66. The van der Waals surface area contributed by atoms with Gasteiger partial charge in [-0.15, -0.1) is 0 Å². The standard InChI is InChI=1S/C17H13BrO4/c18-14-3-1-2-13(8-14)10-20-17(19)7-5-12-4-6-15-16(9-12)22-11-21-15/h1-9H,10-11H2/b7-5+. The quantitative estimate of drug-likeness (QED) is 0.611. The van der Waals surface area contributed by atoms with Gasteiger partial charge in [-0.1, -0.05) is 34.1 Å². The first-order valence-corrected chi connectivity index (χ1v) is 7.49. The molecule has 0 fully saturated rings. The predicted molar refractivity (Wildman–Crippen MR) is 85.5 cm³/mol. The van der Waals surface area contributed by atoms with E-state index < -0.39 is 5.97 Å². The van der Waals surface area contributed by atoms with Gasteiger partial charge < -0.3 is 14.2 Å². The molecule has 2 aromatic carbocycles. The Balaban J connectivity index is 1.57. The summed E-state index contributed by atoms with van der Waals surface area (Å²) < 4.78 is 16.7. The van der Waals surface area contributed by atoms with Crippen molar-refractivity contribution in [3.63, 3.8) is 0 Å². The molecule has 0 radical (unpaired) electrons. The van der Waals surface area contributed by atoms with Gasteiger partial charge >= 0.3 is 5.97 Å². The third-order valence-corrected chi connectivity index (χ3v) is 3.57. The largest absolute Gasteiger partial charge is 0.458 e. The summed E-state index contributed by atoms with van der Waals surface area (Å²) in [6.07, 6.45) is 3.08. The Morgan fingerprint density at radius 2 is 2.05 bits per heavy atom. The maximum atomic E-state index is 11.7. The van der Waals surface area contributed by atoms with Crippen molar-refractivity contribution in [1.82, 2.24) is 0 Å². The zero-order valence-electron chi connectivity index (χ0n) is 11.6. The summed E-state index contributed by atoms with van der Waals surface area (Å²) in [7, 11) is 0. The summed E-state index contributed by atoms with van der Waals surface area (Å²) in [6.45, 7) is 0.473. The fourth-order valence-corrected chi connectivity index (χ4v) is 2.46. The SMILES string of the molecule is O=C(/C=C/c1ccc2c(c1)OCO2)OCc1cccc(Br)c1. The zero-order chi connectivity index (χ0) is 15.4. The molecule has 0 amide bonds. The normalized spacial score (nSPS) is 12.6. The first kappa shape index (κ1) is 14.7. The van der Waals surface area contributed by atoms with E-state index in [2.05, 4.69) is 15.9 Å². The number of carbonyl (C=O) groups is 1. The molecule has 0 saturated heterocycles. The number of hydrogen-bond donors (Lipinski definition) is 0. The minimum Gasteiger partial charge on any atom is -0.458 e. The Morgan fingerprint density at radius 1 is 1.18 bits per heavy atom. The van der Waals surface area contributed by atoms with Gasteiger partial charge in [0.25, 0.3) is 0 Å². The van der Waals surface area contributed by atoms with E-state index in [0.717, 1.165) is 21.3 Å². The molecule has 1 aliphatic heterocycles. The lowest BCUT2D eigenvalue weighted by atomic mass is 10.2. The summed E-state index contributed by atoms with van der Waals surface area (Å²) >= 11 is 3.38. The lowest BCUT2D eigenvalue weighted by Crippen LogP contribution is -2.00. The van der Waals surface area contributed by atoms with Crippen LogP contribution in [0.3, 0.4) is 0 Å². The Labute approximate surface area is 136 Å². The highest BCUT2D eigenvalue weighted by atomic mass is 79.9. The smallest absolute Gasteiger partial charge is 0.331 e. The zero-order valence-corrected chi connectivity index (χ0v) is 13.2. The van der Waals surface area contributed by atoms with Crippen LogP contribution in [0.4, 0.5) is 0 Å². The van der Waals surface area contributed by atoms with E-state index in [1.807, 2.05) is 42.5 Å². The lowest BCUT2D eigenvalue weighted by Gasteiger charge is -2.02. The monoisotopic (exact) mass is 360 g/mol. The van der Waals surface area contributed by atoms with Crippen LogP contribution in [0.5, 0.6) is 11.5 Å². The highest BCUT2D eigenvalue weighted by Gasteiger charge is 2.12. The average Bonchev–Trinajstić information content (AvgIpc) is 2.98. The molecule has 0 atom stereocenters. The number of fused-ring (bicyclic) bond motifs is 1. The third-order valence-electron chi connectivity index (χ3n) is 3.08. The second-order valence-electron chi connectivity index (χ2n) is 4.68. The number of esters is 1. The molecule has 1 aliphatic rings. The average molecular weight is 361 g/mol. The summed E-state index contributed by atoms with van der Waals surface area (Å²) in [4.78, 5) is 11.7. The third kappa shape index (κ3) is 3.68. The van der Waals surface area contributed by atoms with Crippen LogP contribution >= 0.6 is 15.9 Å². The van der Waals surface area contributed by atoms with Crippen LogP contribution in [-0.4, -0.2) is 12.8 Å². The van der Waals surface area contributed by atoms with Crippen molar-refractivity contribution in [3.05, 3.63) is 64.1 Å². The molecule has 4 nitrogen and oxygen atoms in total. The van der Waals surface area contributed by atoms with Crippen LogP contribution in [0.15, 0.2) is 53.0 Å². The predicted octanol–water partition coefficient (Wildman–Crippen LogP) is 3.93. The van der Waals surface area contributed by atoms with Crippen molar-refractivity contribution >= 4 is 28.0 Å². The lowest BCUT2D eigenvalue weighted by molar-refractivity contribution is -0.138. The van der Waals surface area contributed by atoms with Crippen LogP contribution in [0.25, 0.3) is 6.08 Å². The summed E-state index contributed by atoms with van der Waals surface area (Å²) in [5.74, 6) is 1.01. The topological polar surface area (TPSA) is 44.8 Å². The Kier molecular flexibility index (Phi) is 4.44. The van der Waals surface area contributed by atoms with E-state index in [-0.39, 0.29) is 13.4 Å². The molecule has 0 N–H and O–H groups in total. The van der Waals surface area contributed by atoms with Gasteiger partial charge in [-0.2, -0.15) is 0 Å². The van der Waals surface area contributed by atoms with E-state index in [1.54, 1.807) is 6.08 Å². The van der Waals surface area contributed by atoms with Crippen molar-refractivity contribution in [1.29, 1.82) is 0 Å². The maximum Gasteiger partial charge on any atom is 0.331 e. The fourth-order valence-electron chi connectivity index (χ4n) is 2.01. The molecule has 0 bridgehead atoms. The van der Waals surface area contributed by atoms with Crippen molar-refractivity contribution in [3.8, 4) is 11.5 Å². The Bertz CT molecular complexity index is 724. The van der Waals surface area contributed by atoms with Gasteiger partial charge in [0, 0.05) is 10.5 Å². The number of hydrogen-bond acceptors (Lipinski definition) is 4. The highest BCUT2D eigenvalue weighted by molar-refractivity contribution is 9.10. The second-order valence-corrected chi connectivity index (χ2v) is 5.60. The molecular formula is C17H13BrO4. The molecule has 0 aliphatic carbocycles. The minimum atomic E-state index is -0.391. The van der Waals surface area contributed by atoms with Crippen molar-refractivity contribution in [2.75, 3.05) is 6.79 Å². The molecule has 2 aromatic rings. The molecule has 0 unspecified atom stereocenters. The first-order chi connectivity index (χ1) is 10.7. The van der Waals surface area contributed by atoms with Gasteiger partial charge in [-0.3, -0.25) is 0 Å². The Morgan fingerprint density at radius 3 is 2.91 bits per heavy atom. The highest BCUT2D eigenvalue weighted by Crippen LogP contribution is 2.32. The molecule has 1 heterocycles. The van der Waals surface area contributed by atoms with E-state index in [9.17, 15) is 4.79 Å². The van der Waals surface area contributed by atoms with E-state index in [4.69, 9.17) is 14.2 Å². The van der Waals surface area contributed by atoms with E-state index >= 15 is 0 Å². The van der Waals surface area contributed by atoms with Gasteiger partial charge in [-0.25, -0.2) is 4.79 Å². The van der Waals surface area contributed by atoms with Gasteiger partial charge in [0.2, 0.25) is 6.79 Å². The number of rotatable bonds is 4. The van der Waals surface area contributed by atoms with E-state index in [0.29, 0.717) is 5.75 Å². The molecule has 0 saturated carbocycles. The number of ether oxygens (including phenoxy) is 3. The van der Waals surface area contributed by atoms with Crippen molar-refractivity contribution in [2.45, 2.75) is 6.61 Å². The van der Waals surface area contributed by atoms with Crippen LogP contribution in [-0.2, 0) is 16.1 Å². The molecule has 22 heavy (non-hydrogen) atoms. The van der Waals surface area contributed by atoms with Crippen LogP contribution in [0, 0.1) is 0 Å². The molecule has 3 rings (SSSR count). The fraction of sp³-hybridized carbons (Fsp3) is 0.118. The molecule has 0 spiro atoms. The van der Waals surface area contributed by atoms with Gasteiger partial charge in [0.05, 0.1) is 0 Å². The summed E-state index contributed by atoms with van der Waals surface area (Å²) in [6, 6.07) is 13.1. The van der Waals surface area contributed by atoms with Crippen molar-refractivity contribution in [2.24, 2.45) is 0 Å². The number of carbonyl (C=O) groups excluding carboxylic acids is 1. The molecule has 5 heteroatoms. The van der Waals surface area contributed by atoms with E-state index in [1.165, 1.54) is 6.08 Å². The first-order valence-electron chi connectivity index (χ1n) is 6.70. The molecule has 0 aromatic heterocycles. The minimum absolute atomic E-state index is 0.233. The summed E-state index contributed by atoms with van der Waals surface area (Å²) in [5.41, 5.74) is 1.78. The molecule has 112 valence electrons.